The Balaban J connectivity index is 2.67. The summed E-state index contributed by atoms with van der Waals surface area (Å²) in [6.07, 6.45) is 8.83. The molecule has 0 aromatic heterocycles. The minimum absolute atomic E-state index is 0.0713. The molecule has 0 N–H and O–H groups in total. The van der Waals surface area contributed by atoms with Gasteiger partial charge in [-0.1, -0.05) is 73.6 Å². The van der Waals surface area contributed by atoms with Crippen LogP contribution in [-0.2, 0) is 14.3 Å². The molecule has 1 saturated carbocycles. The molecule has 0 spiro atoms. The summed E-state index contributed by atoms with van der Waals surface area (Å²) in [5.41, 5.74) is 0. The predicted octanol–water partition coefficient (Wildman–Crippen LogP) is 6.44. The summed E-state index contributed by atoms with van der Waals surface area (Å²) in [5.74, 6) is 1.39. The summed E-state index contributed by atoms with van der Waals surface area (Å²) < 4.78 is 11.5. The van der Waals surface area contributed by atoms with E-state index in [-0.39, 0.29) is 18.0 Å². The maximum absolute atomic E-state index is 13.0. The van der Waals surface area contributed by atoms with Crippen LogP contribution in [0.4, 0.5) is 4.79 Å². The minimum atomic E-state index is -0.591. The Labute approximate surface area is 185 Å². The van der Waals surface area contributed by atoms with Crippen LogP contribution in [0.15, 0.2) is 0 Å². The van der Waals surface area contributed by atoms with Crippen molar-refractivity contribution in [3.8, 4) is 0 Å². The van der Waals surface area contributed by atoms with E-state index in [1.54, 1.807) is 7.05 Å². The van der Waals surface area contributed by atoms with Gasteiger partial charge in [-0.15, -0.1) is 0 Å². The Morgan fingerprint density at radius 2 is 1.70 bits per heavy atom. The Hall–Kier alpha value is -1.26. The molecular weight excluding hydrogens is 378 g/mol. The molecule has 0 aromatic rings. The van der Waals surface area contributed by atoms with Gasteiger partial charge in [-0.2, -0.15) is 0 Å². The van der Waals surface area contributed by atoms with E-state index in [9.17, 15) is 9.59 Å². The number of hydrogen-bond donors (Lipinski definition) is 0. The van der Waals surface area contributed by atoms with Crippen LogP contribution in [0.2, 0.25) is 0 Å². The molecule has 1 aliphatic rings. The first kappa shape index (κ1) is 26.8. The van der Waals surface area contributed by atoms with E-state index in [1.165, 1.54) is 30.6 Å². The topological polar surface area (TPSA) is 55.8 Å². The van der Waals surface area contributed by atoms with Crippen LogP contribution in [0.25, 0.3) is 0 Å². The molecule has 5 heteroatoms. The van der Waals surface area contributed by atoms with Crippen molar-refractivity contribution in [2.75, 3.05) is 13.7 Å². The second-order valence-corrected chi connectivity index (χ2v) is 10.1. The van der Waals surface area contributed by atoms with Gasteiger partial charge in [0.15, 0.2) is 0 Å². The average molecular weight is 426 g/mol. The Kier molecular flexibility index (Phi) is 12.4. The second-order valence-electron chi connectivity index (χ2n) is 10.1. The summed E-state index contributed by atoms with van der Waals surface area (Å²) in [7, 11) is 1.68. The fourth-order valence-electron chi connectivity index (χ4n) is 4.42. The van der Waals surface area contributed by atoms with Crippen molar-refractivity contribution in [1.82, 2.24) is 4.90 Å². The van der Waals surface area contributed by atoms with Crippen LogP contribution in [-0.4, -0.2) is 42.8 Å². The zero-order valence-electron chi connectivity index (χ0n) is 20.6. The first-order valence-electron chi connectivity index (χ1n) is 12.3. The third-order valence-electron chi connectivity index (χ3n) is 6.43. The van der Waals surface area contributed by atoms with Gasteiger partial charge in [0.2, 0.25) is 0 Å². The number of unbranched alkanes of at least 4 members (excludes halogenated alkanes) is 4. The number of nitrogens with zero attached hydrogens (tertiary/aromatic N) is 1. The van der Waals surface area contributed by atoms with Crippen molar-refractivity contribution in [1.29, 1.82) is 0 Å². The van der Waals surface area contributed by atoms with Gasteiger partial charge in [-0.25, -0.2) is 9.59 Å². The quantitative estimate of drug-likeness (QED) is 0.266. The van der Waals surface area contributed by atoms with Crippen molar-refractivity contribution >= 4 is 12.1 Å². The lowest BCUT2D eigenvalue weighted by Gasteiger charge is -2.38. The highest BCUT2D eigenvalue weighted by Gasteiger charge is 2.36. The lowest BCUT2D eigenvalue weighted by atomic mass is 9.75. The molecule has 1 amide bonds. The standard InChI is InChI=1S/C25H47NO4/c1-8-9-10-11-12-15-29-24(27)22(16-18(2)3)26(7)25(28)30-23-17-20(6)13-14-21(23)19(4)5/h18-23H,8-17H2,1-7H3. The molecule has 0 heterocycles. The molecular formula is C25H47NO4. The zero-order valence-corrected chi connectivity index (χ0v) is 20.6. The van der Waals surface area contributed by atoms with Crippen LogP contribution in [0.5, 0.6) is 0 Å². The summed E-state index contributed by atoms with van der Waals surface area (Å²) >= 11 is 0. The van der Waals surface area contributed by atoms with Crippen molar-refractivity contribution in [2.24, 2.45) is 23.7 Å². The van der Waals surface area contributed by atoms with Crippen LogP contribution in [0.1, 0.15) is 99.3 Å². The third-order valence-corrected chi connectivity index (χ3v) is 6.43. The molecule has 1 rings (SSSR count). The van der Waals surface area contributed by atoms with Crippen LogP contribution in [0, 0.1) is 23.7 Å². The van der Waals surface area contributed by atoms with E-state index in [1.807, 2.05) is 0 Å². The predicted molar refractivity (Wildman–Crippen MR) is 122 cm³/mol. The van der Waals surface area contributed by atoms with E-state index in [0.717, 1.165) is 25.7 Å². The van der Waals surface area contributed by atoms with Crippen molar-refractivity contribution in [3.05, 3.63) is 0 Å². The smallest absolute Gasteiger partial charge is 0.410 e. The lowest BCUT2D eigenvalue weighted by molar-refractivity contribution is -0.150. The first-order chi connectivity index (χ1) is 14.2. The molecule has 0 saturated heterocycles. The summed E-state index contributed by atoms with van der Waals surface area (Å²) in [5, 5.41) is 0. The summed E-state index contributed by atoms with van der Waals surface area (Å²) in [6, 6.07) is -0.591. The van der Waals surface area contributed by atoms with Crippen LogP contribution in [0.3, 0.4) is 0 Å². The molecule has 4 unspecified atom stereocenters. The number of ether oxygens (including phenoxy) is 2. The number of likely N-dealkylation sites (N-methyl/N-ethyl adjacent to an activating group) is 1. The van der Waals surface area contributed by atoms with Crippen LogP contribution >= 0.6 is 0 Å². The molecule has 1 aliphatic carbocycles. The van der Waals surface area contributed by atoms with Crippen LogP contribution < -0.4 is 0 Å². The van der Waals surface area contributed by atoms with Crippen molar-refractivity contribution in [2.45, 2.75) is 111 Å². The second kappa shape index (κ2) is 13.9. The molecule has 1 fully saturated rings. The maximum Gasteiger partial charge on any atom is 0.410 e. The van der Waals surface area contributed by atoms with E-state index in [2.05, 4.69) is 41.5 Å². The van der Waals surface area contributed by atoms with Gasteiger partial charge in [0.25, 0.3) is 0 Å². The fraction of sp³-hybridized carbons (Fsp3) is 0.920. The van der Waals surface area contributed by atoms with E-state index >= 15 is 0 Å². The maximum atomic E-state index is 13.0. The Morgan fingerprint density at radius 3 is 2.30 bits per heavy atom. The van der Waals surface area contributed by atoms with Gasteiger partial charge in [-0.05, 0) is 49.4 Å². The Bertz CT molecular complexity index is 505. The summed E-state index contributed by atoms with van der Waals surface area (Å²) in [4.78, 5) is 27.2. The van der Waals surface area contributed by atoms with E-state index in [4.69, 9.17) is 9.47 Å². The molecule has 0 radical (unpaired) electrons. The number of carbonyl (C=O) groups excluding carboxylic acids is 2. The third kappa shape index (κ3) is 9.26. The highest BCUT2D eigenvalue weighted by molar-refractivity contribution is 5.81. The lowest BCUT2D eigenvalue weighted by Crippen LogP contribution is -2.47. The monoisotopic (exact) mass is 425 g/mol. The highest BCUT2D eigenvalue weighted by Crippen LogP contribution is 2.35. The molecule has 5 nitrogen and oxygen atoms in total. The van der Waals surface area contributed by atoms with E-state index in [0.29, 0.717) is 30.8 Å². The number of esters is 1. The highest BCUT2D eigenvalue weighted by atomic mass is 16.6. The zero-order chi connectivity index (χ0) is 22.7. The van der Waals surface area contributed by atoms with Gasteiger partial charge in [0, 0.05) is 7.05 Å². The molecule has 0 aromatic carbocycles. The average Bonchev–Trinajstić information content (AvgIpc) is 2.67. The van der Waals surface area contributed by atoms with Gasteiger partial charge in [-0.3, -0.25) is 4.90 Å². The minimum Gasteiger partial charge on any atom is -0.464 e. The SMILES string of the molecule is CCCCCCCOC(=O)C(CC(C)C)N(C)C(=O)OC1CC(C)CCC1C(C)C. The number of rotatable bonds is 12. The van der Waals surface area contributed by atoms with Crippen molar-refractivity contribution < 1.29 is 19.1 Å². The molecule has 0 bridgehead atoms. The van der Waals surface area contributed by atoms with Gasteiger partial charge in [0.1, 0.15) is 12.1 Å². The van der Waals surface area contributed by atoms with E-state index < -0.39 is 12.1 Å². The van der Waals surface area contributed by atoms with Gasteiger partial charge >= 0.3 is 12.1 Å². The van der Waals surface area contributed by atoms with Gasteiger partial charge in [0.05, 0.1) is 6.61 Å². The van der Waals surface area contributed by atoms with Gasteiger partial charge < -0.3 is 9.47 Å². The molecule has 30 heavy (non-hydrogen) atoms. The normalized spacial score (nSPS) is 22.8. The Morgan fingerprint density at radius 1 is 1.03 bits per heavy atom. The first-order valence-corrected chi connectivity index (χ1v) is 12.3. The number of hydrogen-bond acceptors (Lipinski definition) is 4. The molecule has 0 aliphatic heterocycles. The number of carbonyl (C=O) groups is 2. The molecule has 4 atom stereocenters. The number of amides is 1. The van der Waals surface area contributed by atoms with Crippen molar-refractivity contribution in [3.63, 3.8) is 0 Å². The fourth-order valence-corrected chi connectivity index (χ4v) is 4.42. The summed E-state index contributed by atoms with van der Waals surface area (Å²) in [6.45, 7) is 13.3. The molecule has 176 valence electrons. The largest absolute Gasteiger partial charge is 0.464 e.